The smallest absolute Gasteiger partial charge is 0.262 e. The highest BCUT2D eigenvalue weighted by molar-refractivity contribution is 7.92. The van der Waals surface area contributed by atoms with E-state index in [4.69, 9.17) is 0 Å². The fraction of sp³-hybridized carbons (Fsp3) is 0.0769. The Morgan fingerprint density at radius 2 is 1.65 bits per heavy atom. The van der Waals surface area contributed by atoms with Gasteiger partial charge >= 0.3 is 0 Å². The van der Waals surface area contributed by atoms with Crippen LogP contribution < -0.4 is 4.72 Å². The van der Waals surface area contributed by atoms with Gasteiger partial charge in [-0.15, -0.1) is 0 Å². The zero-order valence-corrected chi connectivity index (χ0v) is 11.2. The van der Waals surface area contributed by atoms with Crippen molar-refractivity contribution in [1.82, 2.24) is 0 Å². The van der Waals surface area contributed by atoms with Gasteiger partial charge in [0.1, 0.15) is 17.4 Å². The predicted molar refractivity (Wildman–Crippen MR) is 70.0 cm³/mol. The molecule has 0 atom stereocenters. The second-order valence-electron chi connectivity index (χ2n) is 4.18. The van der Waals surface area contributed by atoms with E-state index in [-0.39, 0.29) is 16.1 Å². The molecule has 106 valence electrons. The first-order chi connectivity index (χ1) is 9.29. The van der Waals surface area contributed by atoms with E-state index in [2.05, 4.69) is 4.72 Å². The molecule has 0 saturated heterocycles. The molecule has 0 aliphatic carbocycles. The normalized spacial score (nSPS) is 11.3. The third-order valence-corrected chi connectivity index (χ3v) is 4.16. The van der Waals surface area contributed by atoms with Crippen molar-refractivity contribution < 1.29 is 22.3 Å². The van der Waals surface area contributed by atoms with Crippen LogP contribution in [0.25, 0.3) is 0 Å². The summed E-state index contributed by atoms with van der Waals surface area (Å²) in [6.45, 7) is 1.43. The molecule has 0 bridgehead atoms. The number of aryl methyl sites for hydroxylation is 1. The van der Waals surface area contributed by atoms with Crippen molar-refractivity contribution in [1.29, 1.82) is 0 Å². The molecule has 0 aromatic heterocycles. The van der Waals surface area contributed by atoms with Crippen molar-refractivity contribution >= 4 is 15.7 Å². The summed E-state index contributed by atoms with van der Waals surface area (Å²) >= 11 is 0. The molecule has 4 nitrogen and oxygen atoms in total. The van der Waals surface area contributed by atoms with Crippen molar-refractivity contribution in [3.63, 3.8) is 0 Å². The number of halogens is 2. The van der Waals surface area contributed by atoms with Crippen LogP contribution in [-0.4, -0.2) is 13.5 Å². The summed E-state index contributed by atoms with van der Waals surface area (Å²) in [5.74, 6) is -1.67. The summed E-state index contributed by atoms with van der Waals surface area (Å²) in [6, 6.07) is 6.06. The maximum absolute atomic E-state index is 13.1. The van der Waals surface area contributed by atoms with E-state index in [9.17, 15) is 22.3 Å². The molecular formula is C13H11F2NO3S. The van der Waals surface area contributed by atoms with E-state index in [1.165, 1.54) is 6.92 Å². The molecular weight excluding hydrogens is 288 g/mol. The number of hydrogen-bond donors (Lipinski definition) is 2. The minimum Gasteiger partial charge on any atom is -0.506 e. The van der Waals surface area contributed by atoms with Gasteiger partial charge in [0, 0.05) is 6.07 Å². The SMILES string of the molecule is Cc1cc(F)ccc1S(=O)(=O)Nc1cc(F)ccc1O. The van der Waals surface area contributed by atoms with Crippen molar-refractivity contribution in [2.45, 2.75) is 11.8 Å². The quantitative estimate of drug-likeness (QED) is 0.856. The standard InChI is InChI=1S/C13H11F2NO3S/c1-8-6-9(14)3-5-13(8)20(18,19)16-11-7-10(15)2-4-12(11)17/h2-7,16-17H,1H3. The second-order valence-corrected chi connectivity index (χ2v) is 5.83. The molecule has 0 radical (unpaired) electrons. The fourth-order valence-corrected chi connectivity index (χ4v) is 3.00. The monoisotopic (exact) mass is 299 g/mol. The molecule has 0 heterocycles. The Labute approximate surface area is 114 Å². The number of nitrogens with one attached hydrogen (secondary N) is 1. The lowest BCUT2D eigenvalue weighted by Crippen LogP contribution is -2.14. The van der Waals surface area contributed by atoms with Crippen LogP contribution in [0.5, 0.6) is 5.75 Å². The summed E-state index contributed by atoms with van der Waals surface area (Å²) < 4.78 is 52.4. The summed E-state index contributed by atoms with van der Waals surface area (Å²) in [4.78, 5) is -0.150. The Hall–Kier alpha value is -2.15. The number of benzene rings is 2. The van der Waals surface area contributed by atoms with Gasteiger partial charge in [-0.1, -0.05) is 0 Å². The predicted octanol–water partition coefficient (Wildman–Crippen LogP) is 2.78. The van der Waals surface area contributed by atoms with Crippen LogP contribution in [0.15, 0.2) is 41.3 Å². The molecule has 0 aliphatic heterocycles. The first-order valence-electron chi connectivity index (χ1n) is 5.57. The molecule has 0 aliphatic rings. The van der Waals surface area contributed by atoms with Crippen molar-refractivity contribution in [2.75, 3.05) is 4.72 Å². The molecule has 20 heavy (non-hydrogen) atoms. The topological polar surface area (TPSA) is 66.4 Å². The summed E-state index contributed by atoms with van der Waals surface area (Å²) in [5.41, 5.74) is -0.0814. The highest BCUT2D eigenvalue weighted by Crippen LogP contribution is 2.27. The number of phenolic OH excluding ortho intramolecular Hbond substituents is 1. The summed E-state index contributed by atoms with van der Waals surface area (Å²) in [5, 5.41) is 9.51. The Morgan fingerprint density at radius 1 is 1.05 bits per heavy atom. The number of rotatable bonds is 3. The lowest BCUT2D eigenvalue weighted by molar-refractivity contribution is 0.475. The molecule has 2 N–H and O–H groups in total. The molecule has 7 heteroatoms. The average molecular weight is 299 g/mol. The molecule has 2 aromatic carbocycles. The Kier molecular flexibility index (Phi) is 3.63. The number of hydrogen-bond acceptors (Lipinski definition) is 3. The Morgan fingerprint density at radius 3 is 2.30 bits per heavy atom. The van der Waals surface area contributed by atoms with Crippen LogP contribution >= 0.6 is 0 Å². The fourth-order valence-electron chi connectivity index (χ4n) is 1.70. The van der Waals surface area contributed by atoms with Gasteiger partial charge in [0.15, 0.2) is 0 Å². The molecule has 0 saturated carbocycles. The Balaban J connectivity index is 2.43. The van der Waals surface area contributed by atoms with Crippen LogP contribution in [0.1, 0.15) is 5.56 Å². The van der Waals surface area contributed by atoms with Crippen LogP contribution in [0.3, 0.4) is 0 Å². The van der Waals surface area contributed by atoms with Gasteiger partial charge < -0.3 is 5.11 Å². The zero-order valence-electron chi connectivity index (χ0n) is 10.4. The largest absolute Gasteiger partial charge is 0.506 e. The van der Waals surface area contributed by atoms with Crippen LogP contribution in [-0.2, 0) is 10.0 Å². The molecule has 0 spiro atoms. The average Bonchev–Trinajstić information content (AvgIpc) is 2.33. The maximum Gasteiger partial charge on any atom is 0.262 e. The number of phenols is 1. The van der Waals surface area contributed by atoms with Crippen molar-refractivity contribution in [2.24, 2.45) is 0 Å². The van der Waals surface area contributed by atoms with E-state index in [0.717, 1.165) is 36.4 Å². The highest BCUT2D eigenvalue weighted by atomic mass is 32.2. The third kappa shape index (κ3) is 2.88. The van der Waals surface area contributed by atoms with Gasteiger partial charge in [-0.05, 0) is 42.8 Å². The third-order valence-electron chi connectivity index (χ3n) is 2.63. The van der Waals surface area contributed by atoms with Gasteiger partial charge in [-0.3, -0.25) is 4.72 Å². The molecule has 0 fully saturated rings. The first kappa shape index (κ1) is 14.3. The number of sulfonamides is 1. The van der Waals surface area contributed by atoms with E-state index in [1.54, 1.807) is 0 Å². The second kappa shape index (κ2) is 5.09. The van der Waals surface area contributed by atoms with E-state index in [1.807, 2.05) is 0 Å². The van der Waals surface area contributed by atoms with Crippen LogP contribution in [0.2, 0.25) is 0 Å². The van der Waals surface area contributed by atoms with E-state index in [0.29, 0.717) is 0 Å². The van der Waals surface area contributed by atoms with Crippen LogP contribution in [0, 0.1) is 18.6 Å². The maximum atomic E-state index is 13.1. The lowest BCUT2D eigenvalue weighted by Gasteiger charge is -2.11. The van der Waals surface area contributed by atoms with E-state index >= 15 is 0 Å². The van der Waals surface area contributed by atoms with Gasteiger partial charge in [0.2, 0.25) is 0 Å². The summed E-state index contributed by atoms with van der Waals surface area (Å²) in [7, 11) is -4.04. The van der Waals surface area contributed by atoms with Crippen molar-refractivity contribution in [3.8, 4) is 5.75 Å². The van der Waals surface area contributed by atoms with Crippen LogP contribution in [0.4, 0.5) is 14.5 Å². The van der Waals surface area contributed by atoms with Gasteiger partial charge in [-0.2, -0.15) is 0 Å². The lowest BCUT2D eigenvalue weighted by atomic mass is 10.2. The van der Waals surface area contributed by atoms with Crippen molar-refractivity contribution in [3.05, 3.63) is 53.6 Å². The van der Waals surface area contributed by atoms with Gasteiger partial charge in [-0.25, -0.2) is 17.2 Å². The highest BCUT2D eigenvalue weighted by Gasteiger charge is 2.19. The Bertz CT molecular complexity index is 760. The number of anilines is 1. The molecule has 0 amide bonds. The molecule has 2 aromatic rings. The summed E-state index contributed by atoms with van der Waals surface area (Å²) in [6.07, 6.45) is 0. The van der Waals surface area contributed by atoms with Gasteiger partial charge in [0.25, 0.3) is 10.0 Å². The first-order valence-corrected chi connectivity index (χ1v) is 7.05. The van der Waals surface area contributed by atoms with Gasteiger partial charge in [0.05, 0.1) is 10.6 Å². The zero-order chi connectivity index (χ0) is 14.9. The minimum atomic E-state index is -4.04. The van der Waals surface area contributed by atoms with E-state index < -0.39 is 27.4 Å². The molecule has 2 rings (SSSR count). The molecule has 0 unspecified atom stereocenters. The number of aromatic hydroxyl groups is 1. The minimum absolute atomic E-state index is 0.150.